The van der Waals surface area contributed by atoms with Crippen LogP contribution < -0.4 is 16.0 Å². The summed E-state index contributed by atoms with van der Waals surface area (Å²) in [6, 6.07) is 17.1. The number of hydrogen-bond donors (Lipinski definition) is 2. The third kappa shape index (κ3) is 5.00. The summed E-state index contributed by atoms with van der Waals surface area (Å²) in [6.07, 6.45) is 0. The second-order valence-electron chi connectivity index (χ2n) is 7.36. The van der Waals surface area contributed by atoms with Crippen LogP contribution in [0, 0.1) is 11.3 Å². The first-order valence-corrected chi connectivity index (χ1v) is 10.4. The first kappa shape index (κ1) is 25.0. The lowest BCUT2D eigenvalue weighted by molar-refractivity contribution is -0.139. The molecule has 1 aliphatic heterocycles. The molecular formula is C25H24N4O6. The molecule has 10 heteroatoms. The number of hydrogen-bond acceptors (Lipinski definition) is 9. The molecule has 1 heterocycles. The largest absolute Gasteiger partial charge is 0.466 e. The lowest BCUT2D eigenvalue weighted by atomic mass is 9.81. The Kier molecular flexibility index (Phi) is 7.86. The van der Waals surface area contributed by atoms with Crippen molar-refractivity contribution in [1.29, 1.82) is 5.26 Å². The average Bonchev–Trinajstić information content (AvgIpc) is 2.88. The lowest BCUT2D eigenvalue weighted by Crippen LogP contribution is -2.40. The minimum absolute atomic E-state index is 0.0504. The van der Waals surface area contributed by atoms with Gasteiger partial charge in [0.25, 0.3) is 0 Å². The second-order valence-corrected chi connectivity index (χ2v) is 7.36. The summed E-state index contributed by atoms with van der Waals surface area (Å²) in [5.41, 5.74) is 7.63. The number of nitrogens with zero attached hydrogens (tertiary/aromatic N) is 2. The van der Waals surface area contributed by atoms with Gasteiger partial charge in [-0.05, 0) is 29.8 Å². The maximum atomic E-state index is 13.0. The van der Waals surface area contributed by atoms with Gasteiger partial charge in [0.05, 0.1) is 37.4 Å². The van der Waals surface area contributed by atoms with E-state index < -0.39 is 17.9 Å². The van der Waals surface area contributed by atoms with Gasteiger partial charge >= 0.3 is 11.9 Å². The number of carbonyl (C=O) groups is 3. The Balaban J connectivity index is 2.22. The highest BCUT2D eigenvalue weighted by Crippen LogP contribution is 2.43. The molecular weight excluding hydrogens is 452 g/mol. The fourth-order valence-corrected chi connectivity index (χ4v) is 3.80. The van der Waals surface area contributed by atoms with Crippen molar-refractivity contribution >= 4 is 29.2 Å². The van der Waals surface area contributed by atoms with Crippen LogP contribution in [-0.2, 0) is 28.6 Å². The minimum atomic E-state index is -0.952. The number of carbonyl (C=O) groups excluding carboxylic acids is 3. The SMILES string of the molecule is COCC(=O)Nc1ccc(N2C(N)=C(C#N)C(c3ccccc3)C(C(=O)OC)=C2C(=O)OC)cc1. The van der Waals surface area contributed by atoms with E-state index in [2.05, 4.69) is 11.4 Å². The number of rotatable bonds is 7. The van der Waals surface area contributed by atoms with Crippen LogP contribution in [0.2, 0.25) is 0 Å². The third-order valence-electron chi connectivity index (χ3n) is 5.30. The molecule has 1 aliphatic rings. The summed E-state index contributed by atoms with van der Waals surface area (Å²) < 4.78 is 14.8. The summed E-state index contributed by atoms with van der Waals surface area (Å²) in [4.78, 5) is 39.1. The van der Waals surface area contributed by atoms with E-state index in [-0.39, 0.29) is 35.2 Å². The number of nitrogens with two attached hydrogens (primary N) is 1. The van der Waals surface area contributed by atoms with Crippen molar-refractivity contribution in [2.24, 2.45) is 5.73 Å². The van der Waals surface area contributed by atoms with Crippen LogP contribution >= 0.6 is 0 Å². The number of nitrogens with one attached hydrogen (secondary N) is 1. The van der Waals surface area contributed by atoms with Gasteiger partial charge in [-0.25, -0.2) is 9.59 Å². The maximum absolute atomic E-state index is 13.0. The van der Waals surface area contributed by atoms with Gasteiger partial charge in [0.15, 0.2) is 0 Å². The molecule has 1 atom stereocenters. The number of methoxy groups -OCH3 is 3. The highest BCUT2D eigenvalue weighted by molar-refractivity contribution is 6.06. The fourth-order valence-electron chi connectivity index (χ4n) is 3.80. The predicted octanol–water partition coefficient (Wildman–Crippen LogP) is 2.17. The highest BCUT2D eigenvalue weighted by Gasteiger charge is 2.42. The summed E-state index contributed by atoms with van der Waals surface area (Å²) in [5, 5.41) is 12.7. The zero-order valence-electron chi connectivity index (χ0n) is 19.4. The minimum Gasteiger partial charge on any atom is -0.466 e. The molecule has 3 rings (SSSR count). The van der Waals surface area contributed by atoms with Crippen LogP contribution in [0.5, 0.6) is 0 Å². The van der Waals surface area contributed by atoms with E-state index in [1.54, 1.807) is 54.6 Å². The summed E-state index contributed by atoms with van der Waals surface area (Å²) in [5.74, 6) is -3.01. The molecule has 0 radical (unpaired) electrons. The Morgan fingerprint density at radius 1 is 1.00 bits per heavy atom. The van der Waals surface area contributed by atoms with Crippen LogP contribution in [-0.4, -0.2) is 45.8 Å². The molecule has 2 aromatic carbocycles. The zero-order chi connectivity index (χ0) is 25.5. The fraction of sp³-hybridized carbons (Fsp3) is 0.200. The van der Waals surface area contributed by atoms with Crippen LogP contribution in [0.15, 0.2) is 77.3 Å². The molecule has 1 unspecified atom stereocenters. The molecule has 2 aromatic rings. The Morgan fingerprint density at radius 3 is 2.17 bits per heavy atom. The number of nitriles is 1. The number of benzene rings is 2. The number of esters is 2. The first-order chi connectivity index (χ1) is 16.9. The van der Waals surface area contributed by atoms with Crippen molar-refractivity contribution in [2.75, 3.05) is 38.2 Å². The molecule has 0 fully saturated rings. The number of allylic oxidation sites excluding steroid dienone is 1. The van der Waals surface area contributed by atoms with Crippen LogP contribution in [0.3, 0.4) is 0 Å². The van der Waals surface area contributed by atoms with Crippen molar-refractivity contribution < 1.29 is 28.6 Å². The van der Waals surface area contributed by atoms with Crippen LogP contribution in [0.4, 0.5) is 11.4 Å². The Labute approximate surface area is 202 Å². The molecule has 10 nitrogen and oxygen atoms in total. The zero-order valence-corrected chi connectivity index (χ0v) is 19.4. The van der Waals surface area contributed by atoms with E-state index in [9.17, 15) is 19.6 Å². The van der Waals surface area contributed by atoms with Gasteiger partial charge in [0.1, 0.15) is 18.1 Å². The molecule has 180 valence electrons. The van der Waals surface area contributed by atoms with Crippen molar-refractivity contribution in [1.82, 2.24) is 0 Å². The molecule has 0 bridgehead atoms. The second kappa shape index (κ2) is 11.0. The van der Waals surface area contributed by atoms with Crippen molar-refractivity contribution in [3.8, 4) is 6.07 Å². The lowest BCUT2D eigenvalue weighted by Gasteiger charge is -2.35. The monoisotopic (exact) mass is 476 g/mol. The Morgan fingerprint density at radius 2 is 1.63 bits per heavy atom. The van der Waals surface area contributed by atoms with Gasteiger partial charge in [-0.1, -0.05) is 30.3 Å². The molecule has 0 aromatic heterocycles. The number of amides is 1. The number of anilines is 2. The maximum Gasteiger partial charge on any atom is 0.355 e. The van der Waals surface area contributed by atoms with E-state index in [4.69, 9.17) is 19.9 Å². The molecule has 0 saturated carbocycles. The van der Waals surface area contributed by atoms with E-state index in [0.29, 0.717) is 16.9 Å². The topological polar surface area (TPSA) is 144 Å². The van der Waals surface area contributed by atoms with E-state index in [1.807, 2.05) is 0 Å². The standard InChI is InChI=1S/C25H24N4O6/c1-33-14-19(30)28-16-9-11-17(12-10-16)29-22(25(32)35-3)21(24(31)34-2)20(18(13-26)23(29)27)15-7-5-4-6-8-15/h4-12,20H,14,27H2,1-3H3,(H,28,30). The van der Waals surface area contributed by atoms with E-state index in [0.717, 1.165) is 0 Å². The Hall–Kier alpha value is -4.62. The van der Waals surface area contributed by atoms with Gasteiger partial charge in [0.2, 0.25) is 5.91 Å². The quantitative estimate of drug-likeness (QED) is 0.574. The van der Waals surface area contributed by atoms with Gasteiger partial charge in [-0.15, -0.1) is 0 Å². The number of ether oxygens (including phenoxy) is 3. The smallest absolute Gasteiger partial charge is 0.355 e. The predicted molar refractivity (Wildman–Crippen MR) is 126 cm³/mol. The molecule has 0 saturated heterocycles. The Bertz CT molecular complexity index is 1230. The average molecular weight is 476 g/mol. The summed E-state index contributed by atoms with van der Waals surface area (Å²) in [7, 11) is 3.76. The first-order valence-electron chi connectivity index (χ1n) is 10.4. The van der Waals surface area contributed by atoms with Crippen LogP contribution in [0.25, 0.3) is 0 Å². The van der Waals surface area contributed by atoms with Crippen molar-refractivity contribution in [3.05, 3.63) is 82.8 Å². The molecule has 0 aliphatic carbocycles. The highest BCUT2D eigenvalue weighted by atomic mass is 16.5. The van der Waals surface area contributed by atoms with Crippen LogP contribution in [0.1, 0.15) is 11.5 Å². The van der Waals surface area contributed by atoms with Crippen molar-refractivity contribution in [3.63, 3.8) is 0 Å². The third-order valence-corrected chi connectivity index (χ3v) is 5.30. The summed E-state index contributed by atoms with van der Waals surface area (Å²) in [6.45, 7) is -0.117. The molecule has 3 N–H and O–H groups in total. The molecule has 35 heavy (non-hydrogen) atoms. The van der Waals surface area contributed by atoms with Gasteiger partial charge in [0, 0.05) is 18.5 Å². The van der Waals surface area contributed by atoms with E-state index >= 15 is 0 Å². The normalized spacial score (nSPS) is 15.4. The van der Waals surface area contributed by atoms with E-state index in [1.165, 1.54) is 26.2 Å². The molecule has 1 amide bonds. The summed E-state index contributed by atoms with van der Waals surface area (Å²) >= 11 is 0. The van der Waals surface area contributed by atoms with Gasteiger partial charge < -0.3 is 25.3 Å². The van der Waals surface area contributed by atoms with Gasteiger partial charge in [-0.3, -0.25) is 9.69 Å². The van der Waals surface area contributed by atoms with Crippen molar-refractivity contribution in [2.45, 2.75) is 5.92 Å². The van der Waals surface area contributed by atoms with Gasteiger partial charge in [-0.2, -0.15) is 5.26 Å². The molecule has 0 spiro atoms.